The fourth-order valence-electron chi connectivity index (χ4n) is 4.36. The maximum atomic E-state index is 12.1. The molecule has 0 spiro atoms. The number of likely N-dealkylation sites (N-methyl/N-ethyl adjacent to an activating group) is 1. The predicted octanol–water partition coefficient (Wildman–Crippen LogP) is 3.40. The fraction of sp³-hybridized carbons (Fsp3) is 0.208. The van der Waals surface area contributed by atoms with Crippen molar-refractivity contribution in [3.05, 3.63) is 70.8 Å². The van der Waals surface area contributed by atoms with Crippen LogP contribution in [-0.4, -0.2) is 34.5 Å². The van der Waals surface area contributed by atoms with Crippen molar-refractivity contribution in [3.63, 3.8) is 0 Å². The van der Waals surface area contributed by atoms with Gasteiger partial charge in [0.05, 0.1) is 40.4 Å². The monoisotopic (exact) mass is 410 g/mol. The second-order valence-corrected chi connectivity index (χ2v) is 7.91. The van der Waals surface area contributed by atoms with Gasteiger partial charge in [0.1, 0.15) is 0 Å². The molecule has 7 heteroatoms. The van der Waals surface area contributed by atoms with Gasteiger partial charge in [-0.1, -0.05) is 6.07 Å². The second kappa shape index (κ2) is 7.03. The smallest absolute Gasteiger partial charge is 0.250 e. The van der Waals surface area contributed by atoms with E-state index in [0.717, 1.165) is 52.2 Å². The molecule has 0 saturated heterocycles. The molecule has 1 aliphatic rings. The van der Waals surface area contributed by atoms with E-state index < -0.39 is 0 Å². The number of benzene rings is 2. The molecule has 0 unspecified atom stereocenters. The molecular formula is C24H22N6O. The largest absolute Gasteiger partial charge is 0.371 e. The van der Waals surface area contributed by atoms with Crippen molar-refractivity contribution >= 4 is 28.0 Å². The summed E-state index contributed by atoms with van der Waals surface area (Å²) < 4.78 is 3.41. The highest BCUT2D eigenvalue weighted by Crippen LogP contribution is 2.43. The zero-order valence-electron chi connectivity index (χ0n) is 17.7. The van der Waals surface area contributed by atoms with E-state index in [1.807, 2.05) is 37.5 Å². The number of nitrogens with zero attached hydrogens (tertiary/aromatic N) is 6. The van der Waals surface area contributed by atoms with Gasteiger partial charge in [-0.3, -0.25) is 9.48 Å². The van der Waals surface area contributed by atoms with Crippen molar-refractivity contribution in [2.24, 2.45) is 14.1 Å². The molecule has 0 atom stereocenters. The van der Waals surface area contributed by atoms with Gasteiger partial charge in [-0.2, -0.15) is 10.4 Å². The minimum atomic E-state index is -0.0312. The van der Waals surface area contributed by atoms with E-state index in [1.165, 1.54) is 0 Å². The molecule has 2 aromatic carbocycles. The maximum Gasteiger partial charge on any atom is 0.250 e. The van der Waals surface area contributed by atoms with Crippen LogP contribution in [0.25, 0.3) is 22.0 Å². The SMILES string of the molecule is CN1CCN(c2cccc3c2ccc(=O)n3C)c2cc(C#N)c(-c3cnn(C)c3)cc21. The first kappa shape index (κ1) is 18.9. The van der Waals surface area contributed by atoms with Gasteiger partial charge in [0.2, 0.25) is 0 Å². The number of hydrogen-bond acceptors (Lipinski definition) is 5. The molecule has 3 heterocycles. The van der Waals surface area contributed by atoms with Gasteiger partial charge >= 0.3 is 0 Å². The van der Waals surface area contributed by atoms with Gasteiger partial charge < -0.3 is 14.4 Å². The fourth-order valence-corrected chi connectivity index (χ4v) is 4.36. The van der Waals surface area contributed by atoms with E-state index in [-0.39, 0.29) is 5.56 Å². The molecule has 0 aliphatic carbocycles. The summed E-state index contributed by atoms with van der Waals surface area (Å²) in [5, 5.41) is 15.2. The third-order valence-corrected chi connectivity index (χ3v) is 6.05. The minimum Gasteiger partial charge on any atom is -0.371 e. The predicted molar refractivity (Wildman–Crippen MR) is 123 cm³/mol. The number of hydrogen-bond donors (Lipinski definition) is 0. The van der Waals surface area contributed by atoms with Gasteiger partial charge in [0.25, 0.3) is 5.56 Å². The van der Waals surface area contributed by atoms with E-state index >= 15 is 0 Å². The van der Waals surface area contributed by atoms with E-state index in [9.17, 15) is 10.1 Å². The van der Waals surface area contributed by atoms with Crippen LogP contribution in [0.2, 0.25) is 0 Å². The second-order valence-electron chi connectivity index (χ2n) is 7.91. The summed E-state index contributed by atoms with van der Waals surface area (Å²) in [5.41, 5.74) is 6.34. The Bertz CT molecular complexity index is 1420. The average molecular weight is 410 g/mol. The first-order valence-corrected chi connectivity index (χ1v) is 10.1. The number of anilines is 3. The Morgan fingerprint density at radius 2 is 1.84 bits per heavy atom. The van der Waals surface area contributed by atoms with Gasteiger partial charge in [-0.25, -0.2) is 0 Å². The third kappa shape index (κ3) is 2.96. The van der Waals surface area contributed by atoms with E-state index in [4.69, 9.17) is 0 Å². The lowest BCUT2D eigenvalue weighted by molar-refractivity contribution is 0.768. The van der Waals surface area contributed by atoms with E-state index in [2.05, 4.69) is 40.1 Å². The van der Waals surface area contributed by atoms with Crippen molar-refractivity contribution in [1.29, 1.82) is 5.26 Å². The number of aryl methyl sites for hydroxylation is 2. The molecule has 31 heavy (non-hydrogen) atoms. The molecule has 2 aromatic heterocycles. The number of rotatable bonds is 2. The number of nitriles is 1. The molecule has 1 aliphatic heterocycles. The molecule has 0 saturated carbocycles. The molecule has 0 amide bonds. The zero-order valence-corrected chi connectivity index (χ0v) is 17.7. The Morgan fingerprint density at radius 3 is 2.58 bits per heavy atom. The highest BCUT2D eigenvalue weighted by Gasteiger charge is 2.25. The molecular weight excluding hydrogens is 388 g/mol. The Balaban J connectivity index is 1.73. The topological polar surface area (TPSA) is 70.1 Å². The molecule has 5 rings (SSSR count). The zero-order chi connectivity index (χ0) is 21.7. The summed E-state index contributed by atoms with van der Waals surface area (Å²) in [7, 11) is 5.73. The van der Waals surface area contributed by atoms with Crippen LogP contribution in [0.5, 0.6) is 0 Å². The molecule has 0 N–H and O–H groups in total. The van der Waals surface area contributed by atoms with Crippen LogP contribution in [0.15, 0.2) is 59.7 Å². The minimum absolute atomic E-state index is 0.0312. The lowest BCUT2D eigenvalue weighted by atomic mass is 9.98. The lowest BCUT2D eigenvalue weighted by Crippen LogP contribution is -2.36. The van der Waals surface area contributed by atoms with Crippen LogP contribution in [0.3, 0.4) is 0 Å². The third-order valence-electron chi connectivity index (χ3n) is 6.05. The van der Waals surface area contributed by atoms with Crippen molar-refractivity contribution in [3.8, 4) is 17.2 Å². The molecule has 0 bridgehead atoms. The number of fused-ring (bicyclic) bond motifs is 2. The number of pyridine rings is 1. The van der Waals surface area contributed by atoms with Crippen LogP contribution in [0, 0.1) is 11.3 Å². The molecule has 0 fully saturated rings. The molecule has 0 radical (unpaired) electrons. The first-order chi connectivity index (χ1) is 15.0. The van der Waals surface area contributed by atoms with Crippen LogP contribution in [-0.2, 0) is 14.1 Å². The summed E-state index contributed by atoms with van der Waals surface area (Å²) in [4.78, 5) is 16.6. The van der Waals surface area contributed by atoms with Gasteiger partial charge in [-0.05, 0) is 30.3 Å². The van der Waals surface area contributed by atoms with E-state index in [1.54, 1.807) is 28.6 Å². The highest BCUT2D eigenvalue weighted by atomic mass is 16.1. The van der Waals surface area contributed by atoms with Gasteiger partial charge in [-0.15, -0.1) is 0 Å². The average Bonchev–Trinajstić information content (AvgIpc) is 3.22. The van der Waals surface area contributed by atoms with Crippen molar-refractivity contribution in [2.75, 3.05) is 29.9 Å². The van der Waals surface area contributed by atoms with Crippen LogP contribution in [0.1, 0.15) is 5.56 Å². The summed E-state index contributed by atoms with van der Waals surface area (Å²) in [6.45, 7) is 1.62. The quantitative estimate of drug-likeness (QED) is 0.507. The summed E-state index contributed by atoms with van der Waals surface area (Å²) >= 11 is 0. The standard InChI is InChI=1S/C24H22N6O/c1-27-9-10-30(21-6-4-5-20-18(21)7-8-24(31)29(20)3)23-11-16(13-25)19(12-22(23)27)17-14-26-28(2)15-17/h4-8,11-12,14-15H,9-10H2,1-3H3. The Hall–Kier alpha value is -4.05. The first-order valence-electron chi connectivity index (χ1n) is 10.1. The normalized spacial score (nSPS) is 13.4. The summed E-state index contributed by atoms with van der Waals surface area (Å²) in [5.74, 6) is 0. The van der Waals surface area contributed by atoms with Crippen molar-refractivity contribution < 1.29 is 0 Å². The molecule has 154 valence electrons. The summed E-state index contributed by atoms with van der Waals surface area (Å²) in [6.07, 6.45) is 3.71. The number of aromatic nitrogens is 3. The van der Waals surface area contributed by atoms with Crippen LogP contribution in [0.4, 0.5) is 17.1 Å². The molecule has 4 aromatic rings. The Morgan fingerprint density at radius 1 is 1.00 bits per heavy atom. The van der Waals surface area contributed by atoms with E-state index in [0.29, 0.717) is 5.56 Å². The van der Waals surface area contributed by atoms with Crippen LogP contribution < -0.4 is 15.4 Å². The Labute approximate surface area is 180 Å². The highest BCUT2D eigenvalue weighted by molar-refractivity contribution is 5.97. The van der Waals surface area contributed by atoms with Crippen molar-refractivity contribution in [1.82, 2.24) is 14.3 Å². The van der Waals surface area contributed by atoms with Crippen molar-refractivity contribution in [2.45, 2.75) is 0 Å². The van der Waals surface area contributed by atoms with Crippen LogP contribution >= 0.6 is 0 Å². The lowest BCUT2D eigenvalue weighted by Gasteiger charge is -2.38. The summed E-state index contributed by atoms with van der Waals surface area (Å²) in [6, 6.07) is 15.9. The van der Waals surface area contributed by atoms with Gasteiger partial charge in [0, 0.05) is 63.0 Å². The molecule has 7 nitrogen and oxygen atoms in total. The Kier molecular flexibility index (Phi) is 4.29. The maximum absolute atomic E-state index is 12.1. The van der Waals surface area contributed by atoms with Gasteiger partial charge in [0.15, 0.2) is 0 Å².